The predicted octanol–water partition coefficient (Wildman–Crippen LogP) is 2.89. The first kappa shape index (κ1) is 16.9. The Morgan fingerprint density at radius 1 is 1.29 bits per heavy atom. The number of rotatable bonds is 5. The summed E-state index contributed by atoms with van der Waals surface area (Å²) in [6.45, 7) is 4.52. The Hall–Kier alpha value is -1.96. The van der Waals surface area contributed by atoms with Gasteiger partial charge >= 0.3 is 0 Å². The average Bonchev–Trinajstić information content (AvgIpc) is 2.93. The van der Waals surface area contributed by atoms with E-state index in [2.05, 4.69) is 14.7 Å². The molecule has 2 heterocycles. The molecule has 24 heavy (non-hydrogen) atoms. The third kappa shape index (κ3) is 3.15. The lowest BCUT2D eigenvalue weighted by Gasteiger charge is -2.09. The first-order chi connectivity index (χ1) is 11.4. The molecule has 0 fully saturated rings. The van der Waals surface area contributed by atoms with Gasteiger partial charge in [0, 0.05) is 17.8 Å². The van der Waals surface area contributed by atoms with Crippen LogP contribution in [0.5, 0.6) is 0 Å². The summed E-state index contributed by atoms with van der Waals surface area (Å²) < 4.78 is 29.4. The first-order valence-corrected chi connectivity index (χ1v) is 9.34. The van der Waals surface area contributed by atoms with Crippen LogP contribution in [0.25, 0.3) is 11.2 Å². The second-order valence-corrected chi connectivity index (χ2v) is 7.53. The molecule has 1 aromatic carbocycles. The highest BCUT2D eigenvalue weighted by molar-refractivity contribution is 7.89. The average molecular weight is 365 g/mol. The van der Waals surface area contributed by atoms with Crippen LogP contribution in [-0.2, 0) is 23.1 Å². The molecule has 6 nitrogen and oxygen atoms in total. The third-order valence-corrected chi connectivity index (χ3v) is 5.58. The van der Waals surface area contributed by atoms with E-state index >= 15 is 0 Å². The number of hydrogen-bond donors (Lipinski definition) is 1. The molecule has 0 spiro atoms. The van der Waals surface area contributed by atoms with Gasteiger partial charge in [-0.25, -0.2) is 23.1 Å². The minimum absolute atomic E-state index is 0.0814. The third-order valence-electron chi connectivity index (χ3n) is 3.77. The Morgan fingerprint density at radius 3 is 2.79 bits per heavy atom. The summed E-state index contributed by atoms with van der Waals surface area (Å²) in [6.07, 6.45) is 1.69. The van der Waals surface area contributed by atoms with Gasteiger partial charge in [-0.05, 0) is 43.7 Å². The van der Waals surface area contributed by atoms with Crippen LogP contribution in [0.1, 0.15) is 18.3 Å². The molecule has 0 unspecified atom stereocenters. The van der Waals surface area contributed by atoms with Crippen molar-refractivity contribution in [2.24, 2.45) is 0 Å². The fraction of sp³-hybridized carbons (Fsp3) is 0.250. The predicted molar refractivity (Wildman–Crippen MR) is 93.4 cm³/mol. The van der Waals surface area contributed by atoms with E-state index in [-0.39, 0.29) is 11.4 Å². The molecule has 8 heteroatoms. The van der Waals surface area contributed by atoms with Crippen molar-refractivity contribution in [2.45, 2.75) is 31.8 Å². The van der Waals surface area contributed by atoms with E-state index in [0.29, 0.717) is 17.4 Å². The summed E-state index contributed by atoms with van der Waals surface area (Å²) in [5, 5.41) is 0.419. The van der Waals surface area contributed by atoms with E-state index in [1.165, 1.54) is 12.1 Å². The molecule has 3 rings (SSSR count). The number of imidazole rings is 1. The molecule has 0 amide bonds. The van der Waals surface area contributed by atoms with Crippen molar-refractivity contribution in [3.05, 3.63) is 52.9 Å². The van der Waals surface area contributed by atoms with Crippen LogP contribution in [0.3, 0.4) is 0 Å². The topological polar surface area (TPSA) is 76.9 Å². The summed E-state index contributed by atoms with van der Waals surface area (Å²) in [6, 6.07) is 8.32. The van der Waals surface area contributed by atoms with Gasteiger partial charge in [-0.15, -0.1) is 0 Å². The fourth-order valence-corrected chi connectivity index (χ4v) is 3.71. The lowest BCUT2D eigenvalue weighted by atomic mass is 10.2. The van der Waals surface area contributed by atoms with Gasteiger partial charge in [-0.1, -0.05) is 17.7 Å². The number of benzene rings is 1. The van der Waals surface area contributed by atoms with Crippen molar-refractivity contribution in [3.8, 4) is 0 Å². The van der Waals surface area contributed by atoms with E-state index in [1.807, 2.05) is 24.5 Å². The quantitative estimate of drug-likeness (QED) is 0.755. The maximum atomic E-state index is 12.5. The molecular formula is C16H17ClN4O2S. The Balaban J connectivity index is 1.88. The first-order valence-electron chi connectivity index (χ1n) is 7.48. The van der Waals surface area contributed by atoms with Crippen LogP contribution in [-0.4, -0.2) is 23.0 Å². The van der Waals surface area contributed by atoms with Gasteiger partial charge in [-0.2, -0.15) is 0 Å². The second-order valence-electron chi connectivity index (χ2n) is 5.35. The highest BCUT2D eigenvalue weighted by atomic mass is 35.5. The molecular weight excluding hydrogens is 348 g/mol. The minimum Gasteiger partial charge on any atom is -0.312 e. The number of hydrogen-bond acceptors (Lipinski definition) is 4. The van der Waals surface area contributed by atoms with Crippen molar-refractivity contribution >= 4 is 32.8 Å². The molecule has 0 bridgehead atoms. The number of aryl methyl sites for hydroxylation is 2. The van der Waals surface area contributed by atoms with Gasteiger partial charge in [0.1, 0.15) is 11.3 Å². The second kappa shape index (κ2) is 6.51. The smallest absolute Gasteiger partial charge is 0.241 e. The Labute approximate surface area is 145 Å². The maximum Gasteiger partial charge on any atom is 0.241 e. The van der Waals surface area contributed by atoms with Crippen LogP contribution >= 0.6 is 11.6 Å². The van der Waals surface area contributed by atoms with E-state index in [1.54, 1.807) is 18.3 Å². The maximum absolute atomic E-state index is 12.5. The molecule has 126 valence electrons. The Kier molecular flexibility index (Phi) is 4.58. The van der Waals surface area contributed by atoms with Gasteiger partial charge < -0.3 is 4.57 Å². The summed E-state index contributed by atoms with van der Waals surface area (Å²) >= 11 is 6.02. The van der Waals surface area contributed by atoms with Gasteiger partial charge in [0.25, 0.3) is 0 Å². The number of fused-ring (bicyclic) bond motifs is 1. The molecule has 1 N–H and O–H groups in total. The number of nitrogens with zero attached hydrogens (tertiary/aromatic N) is 3. The molecule has 0 saturated carbocycles. The Bertz CT molecular complexity index is 998. The number of aromatic nitrogens is 3. The number of halogens is 1. The lowest BCUT2D eigenvalue weighted by Crippen LogP contribution is -2.25. The summed E-state index contributed by atoms with van der Waals surface area (Å²) in [5.41, 5.74) is 2.31. The van der Waals surface area contributed by atoms with E-state index in [4.69, 9.17) is 11.6 Å². The summed E-state index contributed by atoms with van der Waals surface area (Å²) in [7, 11) is -3.67. The van der Waals surface area contributed by atoms with Gasteiger partial charge in [0.15, 0.2) is 5.65 Å². The number of nitrogens with one attached hydrogen (secondary N) is 1. The van der Waals surface area contributed by atoms with Crippen LogP contribution in [0.15, 0.2) is 41.4 Å². The van der Waals surface area contributed by atoms with Crippen LogP contribution in [0, 0.1) is 6.92 Å². The highest BCUT2D eigenvalue weighted by Crippen LogP contribution is 2.20. The van der Waals surface area contributed by atoms with Crippen molar-refractivity contribution < 1.29 is 8.42 Å². The van der Waals surface area contributed by atoms with Crippen LogP contribution < -0.4 is 4.72 Å². The summed E-state index contributed by atoms with van der Waals surface area (Å²) in [5.74, 6) is 0.619. The monoisotopic (exact) mass is 364 g/mol. The van der Waals surface area contributed by atoms with E-state index < -0.39 is 10.0 Å². The van der Waals surface area contributed by atoms with Crippen LogP contribution in [0.2, 0.25) is 5.02 Å². The molecule has 0 radical (unpaired) electrons. The van der Waals surface area contributed by atoms with Gasteiger partial charge in [0.05, 0.1) is 11.4 Å². The van der Waals surface area contributed by atoms with Gasteiger partial charge in [0.2, 0.25) is 10.0 Å². The van der Waals surface area contributed by atoms with Crippen molar-refractivity contribution in [1.29, 1.82) is 0 Å². The Morgan fingerprint density at radius 2 is 2.08 bits per heavy atom. The molecule has 0 aliphatic rings. The van der Waals surface area contributed by atoms with Gasteiger partial charge in [-0.3, -0.25) is 0 Å². The molecule has 2 aromatic heterocycles. The zero-order valence-electron chi connectivity index (χ0n) is 13.3. The molecule has 0 aliphatic heterocycles. The molecule has 0 atom stereocenters. The number of pyridine rings is 1. The van der Waals surface area contributed by atoms with E-state index in [9.17, 15) is 8.42 Å². The zero-order chi connectivity index (χ0) is 17.3. The standard InChI is InChI=1S/C16H17ClN4O2S/c1-3-21-15(20-14-5-4-8-18-16(14)21)10-19-24(22,23)12-7-6-11(2)13(17)9-12/h4-9,19H,3,10H2,1-2H3. The van der Waals surface area contributed by atoms with Crippen molar-refractivity contribution in [2.75, 3.05) is 0 Å². The SMILES string of the molecule is CCn1c(CNS(=O)(=O)c2ccc(C)c(Cl)c2)nc2cccnc21. The highest BCUT2D eigenvalue weighted by Gasteiger charge is 2.17. The lowest BCUT2D eigenvalue weighted by molar-refractivity contribution is 0.576. The molecule has 0 saturated heterocycles. The van der Waals surface area contributed by atoms with Crippen molar-refractivity contribution in [1.82, 2.24) is 19.3 Å². The van der Waals surface area contributed by atoms with Crippen molar-refractivity contribution in [3.63, 3.8) is 0 Å². The minimum atomic E-state index is -3.67. The largest absolute Gasteiger partial charge is 0.312 e. The molecule has 3 aromatic rings. The summed E-state index contributed by atoms with van der Waals surface area (Å²) in [4.78, 5) is 8.90. The van der Waals surface area contributed by atoms with Crippen LogP contribution in [0.4, 0.5) is 0 Å². The number of sulfonamides is 1. The normalized spacial score (nSPS) is 12.0. The van der Waals surface area contributed by atoms with E-state index in [0.717, 1.165) is 16.7 Å². The fourth-order valence-electron chi connectivity index (χ4n) is 2.46. The molecule has 0 aliphatic carbocycles. The zero-order valence-corrected chi connectivity index (χ0v) is 14.9.